The van der Waals surface area contributed by atoms with Crippen LogP contribution < -0.4 is 0 Å². The van der Waals surface area contributed by atoms with Crippen LogP contribution in [0.4, 0.5) is 0 Å². The molecule has 0 saturated heterocycles. The fraction of sp³-hybridized carbons (Fsp3) is 0. The monoisotopic (exact) mass is 179 g/mol. The first-order chi connectivity index (χ1) is 6.95. The maximum atomic E-state index is 4.13. The van der Waals surface area contributed by atoms with Crippen LogP contribution in [-0.4, -0.2) is 10.2 Å². The molecular weight excluding hydrogens is 172 g/mol. The summed E-state index contributed by atoms with van der Waals surface area (Å²) in [7, 11) is 0. The molecule has 65 valence electrons. The third kappa shape index (κ3) is 0.973. The van der Waals surface area contributed by atoms with Gasteiger partial charge in [-0.25, -0.2) is 0 Å². The normalized spacial score (nSPS) is 10.9. The van der Waals surface area contributed by atoms with E-state index in [0.29, 0.717) is 0 Å². The molecule has 2 heteroatoms. The number of fused-ring (bicyclic) bond motifs is 3. The predicted octanol–water partition coefficient (Wildman–Crippen LogP) is 2.58. The molecule has 0 saturated carbocycles. The van der Waals surface area contributed by atoms with Gasteiger partial charge < -0.3 is 0 Å². The van der Waals surface area contributed by atoms with E-state index >= 15 is 0 Å². The van der Waals surface area contributed by atoms with Crippen LogP contribution in [0, 0.1) is 6.07 Å². The first kappa shape index (κ1) is 7.44. The molecule has 0 aliphatic carbocycles. The minimum Gasteiger partial charge on any atom is -0.158 e. The molecule has 0 unspecified atom stereocenters. The van der Waals surface area contributed by atoms with Crippen molar-refractivity contribution in [2.75, 3.05) is 0 Å². The molecule has 1 radical (unpaired) electrons. The Morgan fingerprint density at radius 3 is 2.93 bits per heavy atom. The largest absolute Gasteiger partial charge is 0.158 e. The van der Waals surface area contributed by atoms with E-state index in [2.05, 4.69) is 34.5 Å². The average molecular weight is 179 g/mol. The molecule has 0 N–H and O–H groups in total. The highest BCUT2D eigenvalue weighted by molar-refractivity contribution is 6.04. The minimum atomic E-state index is 0.922. The Morgan fingerprint density at radius 1 is 1.00 bits per heavy atom. The lowest BCUT2D eigenvalue weighted by Crippen LogP contribution is -1.84. The van der Waals surface area contributed by atoms with E-state index in [-0.39, 0.29) is 0 Å². The van der Waals surface area contributed by atoms with E-state index in [4.69, 9.17) is 0 Å². The second-order valence-corrected chi connectivity index (χ2v) is 3.17. The number of aromatic nitrogens is 2. The maximum Gasteiger partial charge on any atom is 0.101 e. The summed E-state index contributed by atoms with van der Waals surface area (Å²) in [6, 6.07) is 15.3. The molecule has 1 aromatic heterocycles. The van der Waals surface area contributed by atoms with Gasteiger partial charge >= 0.3 is 0 Å². The van der Waals surface area contributed by atoms with E-state index in [1.807, 2.05) is 18.2 Å². The van der Waals surface area contributed by atoms with E-state index < -0.39 is 0 Å². The van der Waals surface area contributed by atoms with Crippen molar-refractivity contribution in [2.45, 2.75) is 0 Å². The number of nitrogens with zero attached hydrogens (tertiary/aromatic N) is 2. The third-order valence-electron chi connectivity index (χ3n) is 2.34. The van der Waals surface area contributed by atoms with Gasteiger partial charge in [-0.1, -0.05) is 36.4 Å². The zero-order chi connectivity index (χ0) is 9.38. The van der Waals surface area contributed by atoms with Crippen LogP contribution in [0.3, 0.4) is 0 Å². The van der Waals surface area contributed by atoms with E-state index in [1.165, 1.54) is 5.39 Å². The van der Waals surface area contributed by atoms with Gasteiger partial charge in [0.05, 0.1) is 6.20 Å². The lowest BCUT2D eigenvalue weighted by atomic mass is 10.1. The fourth-order valence-corrected chi connectivity index (χ4v) is 1.66. The van der Waals surface area contributed by atoms with Gasteiger partial charge in [0.1, 0.15) is 5.52 Å². The molecule has 0 atom stereocenters. The summed E-state index contributed by atoms with van der Waals surface area (Å²) in [5, 5.41) is 11.3. The van der Waals surface area contributed by atoms with Crippen LogP contribution in [0.1, 0.15) is 0 Å². The first-order valence-electron chi connectivity index (χ1n) is 4.46. The van der Waals surface area contributed by atoms with Gasteiger partial charge in [-0.15, -0.1) is 5.10 Å². The Morgan fingerprint density at radius 2 is 1.93 bits per heavy atom. The van der Waals surface area contributed by atoms with Gasteiger partial charge in [0.2, 0.25) is 0 Å². The highest BCUT2D eigenvalue weighted by atomic mass is 15.1. The molecule has 1 heterocycles. The third-order valence-corrected chi connectivity index (χ3v) is 2.34. The Bertz CT molecular complexity index is 547. The molecule has 0 aliphatic rings. The predicted molar refractivity (Wildman–Crippen MR) is 55.9 cm³/mol. The highest BCUT2D eigenvalue weighted by Crippen LogP contribution is 2.21. The molecule has 3 rings (SSSR count). The molecule has 0 amide bonds. The second kappa shape index (κ2) is 2.77. The number of hydrogen-bond donors (Lipinski definition) is 0. The molecule has 2 aromatic carbocycles. The second-order valence-electron chi connectivity index (χ2n) is 3.17. The Hall–Kier alpha value is -1.96. The van der Waals surface area contributed by atoms with Crippen molar-refractivity contribution < 1.29 is 0 Å². The lowest BCUT2D eigenvalue weighted by molar-refractivity contribution is 1.08. The Labute approximate surface area is 81.2 Å². The van der Waals surface area contributed by atoms with Crippen LogP contribution in [0.15, 0.2) is 42.6 Å². The zero-order valence-corrected chi connectivity index (χ0v) is 7.44. The summed E-state index contributed by atoms with van der Waals surface area (Å²) < 4.78 is 0. The van der Waals surface area contributed by atoms with Crippen molar-refractivity contribution in [3.8, 4) is 0 Å². The van der Waals surface area contributed by atoms with Gasteiger partial charge in [0.15, 0.2) is 0 Å². The van der Waals surface area contributed by atoms with Crippen LogP contribution in [-0.2, 0) is 0 Å². The van der Waals surface area contributed by atoms with Crippen LogP contribution in [0.2, 0.25) is 0 Å². The quantitative estimate of drug-likeness (QED) is 0.496. The van der Waals surface area contributed by atoms with Crippen molar-refractivity contribution in [3.63, 3.8) is 0 Å². The van der Waals surface area contributed by atoms with Crippen molar-refractivity contribution >= 4 is 21.7 Å². The summed E-state index contributed by atoms with van der Waals surface area (Å²) >= 11 is 0. The summed E-state index contributed by atoms with van der Waals surface area (Å²) in [5.41, 5.74) is 0.922. The lowest BCUT2D eigenvalue weighted by Gasteiger charge is -2.00. The molecule has 0 aliphatic heterocycles. The SMILES string of the molecule is [c]1cnnc2c1ccc1ccccc12. The molecule has 0 spiro atoms. The van der Waals surface area contributed by atoms with Crippen LogP contribution in [0.5, 0.6) is 0 Å². The highest BCUT2D eigenvalue weighted by Gasteiger charge is 1.99. The van der Waals surface area contributed by atoms with Gasteiger partial charge in [-0.2, -0.15) is 5.10 Å². The summed E-state index contributed by atoms with van der Waals surface area (Å²) in [4.78, 5) is 0. The van der Waals surface area contributed by atoms with Crippen LogP contribution in [0.25, 0.3) is 21.7 Å². The molecule has 0 fully saturated rings. The molecule has 2 nitrogen and oxygen atoms in total. The standard InChI is InChI=1S/C12H7N2/c1-2-4-11-9(3-1)5-6-10-7-8-13-14-12(10)11/h1-6,8H. The average Bonchev–Trinajstić information content (AvgIpc) is 2.29. The number of benzene rings is 2. The first-order valence-corrected chi connectivity index (χ1v) is 4.46. The van der Waals surface area contributed by atoms with E-state index in [1.54, 1.807) is 6.20 Å². The summed E-state index contributed by atoms with van der Waals surface area (Å²) in [5.74, 6) is 0. The van der Waals surface area contributed by atoms with Crippen LogP contribution >= 0.6 is 0 Å². The van der Waals surface area contributed by atoms with Crippen molar-refractivity contribution in [2.24, 2.45) is 0 Å². The topological polar surface area (TPSA) is 25.8 Å². The number of rotatable bonds is 0. The van der Waals surface area contributed by atoms with E-state index in [9.17, 15) is 0 Å². The Kier molecular flexibility index (Phi) is 1.47. The van der Waals surface area contributed by atoms with Gasteiger partial charge in [-0.3, -0.25) is 0 Å². The van der Waals surface area contributed by atoms with Gasteiger partial charge in [-0.05, 0) is 5.39 Å². The smallest absolute Gasteiger partial charge is 0.101 e. The summed E-state index contributed by atoms with van der Waals surface area (Å²) in [6.07, 6.45) is 1.59. The van der Waals surface area contributed by atoms with Crippen molar-refractivity contribution in [3.05, 3.63) is 48.7 Å². The van der Waals surface area contributed by atoms with Gasteiger partial charge in [0.25, 0.3) is 0 Å². The summed E-state index contributed by atoms with van der Waals surface area (Å²) in [6.45, 7) is 0. The number of hydrogen-bond acceptors (Lipinski definition) is 2. The molecule has 14 heavy (non-hydrogen) atoms. The minimum absolute atomic E-state index is 0.922. The molecular formula is C12H7N2. The molecule has 3 aromatic rings. The van der Waals surface area contributed by atoms with E-state index in [0.717, 1.165) is 16.3 Å². The zero-order valence-electron chi connectivity index (χ0n) is 7.44. The maximum absolute atomic E-state index is 4.13. The van der Waals surface area contributed by atoms with Gasteiger partial charge in [0, 0.05) is 16.8 Å². The van der Waals surface area contributed by atoms with Crippen molar-refractivity contribution in [1.29, 1.82) is 0 Å². The van der Waals surface area contributed by atoms with Crippen molar-refractivity contribution in [1.82, 2.24) is 10.2 Å². The molecule has 0 bridgehead atoms. The Balaban J connectivity index is 2.61. The fourth-order valence-electron chi connectivity index (χ4n) is 1.66.